The van der Waals surface area contributed by atoms with E-state index >= 15 is 0 Å². The van der Waals surface area contributed by atoms with E-state index in [0.29, 0.717) is 11.1 Å². The van der Waals surface area contributed by atoms with Gasteiger partial charge in [-0.1, -0.05) is 12.1 Å². The molecule has 3 aromatic rings. The van der Waals surface area contributed by atoms with Gasteiger partial charge in [-0.3, -0.25) is 9.59 Å². The number of benzene rings is 2. The first kappa shape index (κ1) is 20.0. The molecule has 0 aliphatic carbocycles. The lowest BCUT2D eigenvalue weighted by molar-refractivity contribution is -0.137. The number of rotatable bonds is 6. The van der Waals surface area contributed by atoms with Crippen LogP contribution >= 0.6 is 0 Å². The van der Waals surface area contributed by atoms with Crippen molar-refractivity contribution in [3.63, 3.8) is 0 Å². The van der Waals surface area contributed by atoms with E-state index < -0.39 is 41.9 Å². The number of hydrogen-bond acceptors (Lipinski definition) is 4. The first-order valence-corrected chi connectivity index (χ1v) is 8.58. The predicted molar refractivity (Wildman–Crippen MR) is 98.8 cm³/mol. The Morgan fingerprint density at radius 3 is 2.55 bits per heavy atom. The third kappa shape index (κ3) is 4.57. The molecule has 0 bridgehead atoms. The molecule has 1 unspecified atom stereocenters. The highest BCUT2D eigenvalue weighted by Gasteiger charge is 2.23. The van der Waals surface area contributed by atoms with Crippen LogP contribution in [0.4, 0.5) is 8.78 Å². The fourth-order valence-corrected chi connectivity index (χ4v) is 2.91. The topological polar surface area (TPSA) is 104 Å². The molecule has 0 saturated carbocycles. The van der Waals surface area contributed by atoms with Crippen molar-refractivity contribution in [1.82, 2.24) is 15.1 Å². The second kappa shape index (κ2) is 8.09. The Balaban J connectivity index is 1.89. The van der Waals surface area contributed by atoms with Gasteiger partial charge >= 0.3 is 5.97 Å². The zero-order valence-corrected chi connectivity index (χ0v) is 15.3. The normalized spacial score (nSPS) is 11.8. The summed E-state index contributed by atoms with van der Waals surface area (Å²) >= 11 is 0. The quantitative estimate of drug-likeness (QED) is 0.589. The Morgan fingerprint density at radius 1 is 1.14 bits per heavy atom. The van der Waals surface area contributed by atoms with Crippen LogP contribution in [0.5, 0.6) is 5.88 Å². The minimum absolute atomic E-state index is 0.199. The fraction of sp³-hybridized carbons (Fsp3) is 0.150. The highest BCUT2D eigenvalue weighted by molar-refractivity contribution is 5.93. The zero-order valence-electron chi connectivity index (χ0n) is 15.3. The molecular weight excluding hydrogens is 384 g/mol. The largest absolute Gasteiger partial charge is 0.493 e. The first-order valence-electron chi connectivity index (χ1n) is 8.58. The van der Waals surface area contributed by atoms with Gasteiger partial charge in [0.2, 0.25) is 5.88 Å². The average molecular weight is 401 g/mol. The summed E-state index contributed by atoms with van der Waals surface area (Å²) in [4.78, 5) is 23.8. The molecule has 0 aliphatic heterocycles. The lowest BCUT2D eigenvalue weighted by Crippen LogP contribution is -2.31. The molecule has 29 heavy (non-hydrogen) atoms. The van der Waals surface area contributed by atoms with Gasteiger partial charge in [-0.2, -0.15) is 5.10 Å². The Bertz CT molecular complexity index is 1080. The van der Waals surface area contributed by atoms with E-state index in [1.54, 1.807) is 6.92 Å². The van der Waals surface area contributed by atoms with Crippen molar-refractivity contribution < 1.29 is 28.6 Å². The molecule has 1 atom stereocenters. The summed E-state index contributed by atoms with van der Waals surface area (Å²) in [6.45, 7) is 1.67. The van der Waals surface area contributed by atoms with E-state index in [4.69, 9.17) is 0 Å². The Morgan fingerprint density at radius 2 is 1.86 bits per heavy atom. The average Bonchev–Trinajstić information content (AvgIpc) is 3.05. The summed E-state index contributed by atoms with van der Waals surface area (Å²) in [6, 6.07) is 9.17. The third-order valence-electron chi connectivity index (χ3n) is 4.28. The van der Waals surface area contributed by atoms with Crippen LogP contribution in [0.3, 0.4) is 0 Å². The lowest BCUT2D eigenvalue weighted by atomic mass is 9.98. The molecule has 150 valence electrons. The van der Waals surface area contributed by atoms with Crippen molar-refractivity contribution in [2.24, 2.45) is 0 Å². The molecule has 7 nitrogen and oxygen atoms in total. The highest BCUT2D eigenvalue weighted by Crippen LogP contribution is 2.24. The van der Waals surface area contributed by atoms with Crippen molar-refractivity contribution in [2.75, 3.05) is 0 Å². The number of carbonyl (C=O) groups is 2. The van der Waals surface area contributed by atoms with Gasteiger partial charge in [0.1, 0.15) is 11.6 Å². The number of carboxylic acids is 1. The van der Waals surface area contributed by atoms with Crippen molar-refractivity contribution in [2.45, 2.75) is 19.4 Å². The maximum absolute atomic E-state index is 13.6. The highest BCUT2D eigenvalue weighted by atomic mass is 19.1. The van der Waals surface area contributed by atoms with Crippen molar-refractivity contribution in [1.29, 1.82) is 0 Å². The number of amides is 1. The van der Waals surface area contributed by atoms with E-state index in [9.17, 15) is 28.6 Å². The van der Waals surface area contributed by atoms with Gasteiger partial charge in [-0.15, -0.1) is 0 Å². The summed E-state index contributed by atoms with van der Waals surface area (Å²) in [7, 11) is 0. The molecular formula is C20H17F2N3O4. The van der Waals surface area contributed by atoms with Crippen LogP contribution < -0.4 is 5.32 Å². The Kier molecular flexibility index (Phi) is 5.58. The van der Waals surface area contributed by atoms with Crippen LogP contribution in [0.25, 0.3) is 5.69 Å². The molecule has 1 heterocycles. The standard InChI is InChI=1S/C20H17F2N3O4/c1-11-5-6-13(22)8-15(11)16(10-19(27)28)23-20(29)17-9-18(26)25(24-17)14-4-2-3-12(21)7-14/h2-9,16,26H,10H2,1H3,(H,23,29)(H,27,28). The van der Waals surface area contributed by atoms with Crippen molar-refractivity contribution in [3.8, 4) is 11.6 Å². The fourth-order valence-electron chi connectivity index (χ4n) is 2.91. The van der Waals surface area contributed by atoms with E-state index in [1.165, 1.54) is 30.3 Å². The Labute approximate surface area is 164 Å². The van der Waals surface area contributed by atoms with E-state index in [-0.39, 0.29) is 11.4 Å². The number of carboxylic acid groups (broad SMARTS) is 1. The van der Waals surface area contributed by atoms with E-state index in [1.807, 2.05) is 0 Å². The number of nitrogens with zero attached hydrogens (tertiary/aromatic N) is 2. The van der Waals surface area contributed by atoms with Crippen LogP contribution in [0.1, 0.15) is 34.1 Å². The smallest absolute Gasteiger partial charge is 0.305 e. The summed E-state index contributed by atoms with van der Waals surface area (Å²) in [6.07, 6.45) is -0.480. The number of aromatic hydroxyl groups is 1. The van der Waals surface area contributed by atoms with Crippen molar-refractivity contribution >= 4 is 11.9 Å². The first-order chi connectivity index (χ1) is 13.7. The second-order valence-electron chi connectivity index (χ2n) is 6.40. The summed E-state index contributed by atoms with van der Waals surface area (Å²) < 4.78 is 28.0. The maximum Gasteiger partial charge on any atom is 0.305 e. The monoisotopic (exact) mass is 401 g/mol. The molecule has 1 aromatic heterocycles. The van der Waals surface area contributed by atoms with Crippen LogP contribution in [0.2, 0.25) is 0 Å². The number of hydrogen-bond donors (Lipinski definition) is 3. The van der Waals surface area contributed by atoms with Crippen LogP contribution in [0, 0.1) is 18.6 Å². The lowest BCUT2D eigenvalue weighted by Gasteiger charge is -2.19. The maximum atomic E-state index is 13.6. The molecule has 0 radical (unpaired) electrons. The number of halogens is 2. The van der Waals surface area contributed by atoms with Gasteiger partial charge in [0.05, 0.1) is 18.2 Å². The SMILES string of the molecule is Cc1ccc(F)cc1C(CC(=O)O)NC(=O)c1cc(O)n(-c2cccc(F)c2)n1. The molecule has 0 saturated heterocycles. The number of aliphatic carboxylic acids is 1. The van der Waals surface area contributed by atoms with Crippen molar-refractivity contribution in [3.05, 3.63) is 77.0 Å². The molecule has 0 aliphatic rings. The van der Waals surface area contributed by atoms with Gasteiger partial charge in [0.25, 0.3) is 5.91 Å². The number of aryl methyl sites for hydroxylation is 1. The number of nitrogens with one attached hydrogen (secondary N) is 1. The zero-order chi connectivity index (χ0) is 21.1. The van der Waals surface area contributed by atoms with Gasteiger partial charge in [-0.25, -0.2) is 13.5 Å². The summed E-state index contributed by atoms with van der Waals surface area (Å²) in [5.74, 6) is -3.48. The molecule has 3 rings (SSSR count). The third-order valence-corrected chi connectivity index (χ3v) is 4.28. The second-order valence-corrected chi connectivity index (χ2v) is 6.40. The summed E-state index contributed by atoms with van der Waals surface area (Å²) in [5, 5.41) is 25.7. The predicted octanol–water partition coefficient (Wildman–Crippen LogP) is 3.11. The van der Waals surface area contributed by atoms with Gasteiger partial charge in [0, 0.05) is 6.07 Å². The molecule has 9 heteroatoms. The molecule has 0 fully saturated rings. The van der Waals surface area contributed by atoms with Gasteiger partial charge in [0.15, 0.2) is 5.69 Å². The molecule has 2 aromatic carbocycles. The minimum Gasteiger partial charge on any atom is -0.493 e. The van der Waals surface area contributed by atoms with E-state index in [2.05, 4.69) is 10.4 Å². The van der Waals surface area contributed by atoms with Gasteiger partial charge < -0.3 is 15.5 Å². The van der Waals surface area contributed by atoms with Crippen LogP contribution in [0.15, 0.2) is 48.5 Å². The molecule has 0 spiro atoms. The van der Waals surface area contributed by atoms with Crippen LogP contribution in [-0.2, 0) is 4.79 Å². The summed E-state index contributed by atoms with van der Waals surface area (Å²) in [5.41, 5.74) is 0.904. The number of aromatic nitrogens is 2. The molecule has 3 N–H and O–H groups in total. The number of carbonyl (C=O) groups excluding carboxylic acids is 1. The molecule has 1 amide bonds. The Hall–Kier alpha value is -3.75. The van der Waals surface area contributed by atoms with Gasteiger partial charge in [-0.05, 0) is 48.4 Å². The van der Waals surface area contributed by atoms with E-state index in [0.717, 1.165) is 22.9 Å². The minimum atomic E-state index is -1.19. The van der Waals surface area contributed by atoms with Crippen LogP contribution in [-0.4, -0.2) is 31.9 Å².